The van der Waals surface area contributed by atoms with Crippen molar-refractivity contribution in [2.75, 3.05) is 20.2 Å². The van der Waals surface area contributed by atoms with Gasteiger partial charge in [0, 0.05) is 13.6 Å². The molecule has 1 aromatic carbocycles. The number of aliphatic hydroxyl groups is 1. The number of hydrogen-bond donors (Lipinski definition) is 1. The van der Waals surface area contributed by atoms with E-state index < -0.39 is 6.10 Å². The quantitative estimate of drug-likeness (QED) is 0.781. The van der Waals surface area contributed by atoms with Crippen LogP contribution in [0.2, 0.25) is 0 Å². The molecule has 0 aliphatic heterocycles. The van der Waals surface area contributed by atoms with E-state index in [1.165, 1.54) is 4.90 Å². The van der Waals surface area contributed by atoms with Gasteiger partial charge in [-0.15, -0.1) is 0 Å². The van der Waals surface area contributed by atoms with Crippen molar-refractivity contribution >= 4 is 5.91 Å². The van der Waals surface area contributed by atoms with E-state index in [0.717, 1.165) is 0 Å². The lowest BCUT2D eigenvalue weighted by Crippen LogP contribution is -2.33. The summed E-state index contributed by atoms with van der Waals surface area (Å²) in [5.41, 5.74) is 0.488. The lowest BCUT2D eigenvalue weighted by molar-refractivity contribution is 0.0700. The molecular formula is C14H19NO3. The maximum atomic E-state index is 12.2. The summed E-state index contributed by atoms with van der Waals surface area (Å²) in [4.78, 5) is 13.6. The van der Waals surface area contributed by atoms with Crippen LogP contribution in [0.4, 0.5) is 0 Å². The second-order valence-electron chi connectivity index (χ2n) is 4.13. The maximum absolute atomic E-state index is 12.2. The molecule has 4 nitrogen and oxygen atoms in total. The molecule has 0 aromatic heterocycles. The summed E-state index contributed by atoms with van der Waals surface area (Å²) < 4.78 is 5.43. The van der Waals surface area contributed by atoms with Crippen LogP contribution in [0.3, 0.4) is 0 Å². The number of amides is 1. The number of rotatable bonds is 6. The minimum absolute atomic E-state index is 0.171. The molecule has 1 atom stereocenters. The molecule has 1 rings (SSSR count). The summed E-state index contributed by atoms with van der Waals surface area (Å²) in [6, 6.07) is 7.04. The third kappa shape index (κ3) is 3.89. The highest BCUT2D eigenvalue weighted by molar-refractivity contribution is 5.96. The smallest absolute Gasteiger partial charge is 0.257 e. The topological polar surface area (TPSA) is 49.8 Å². The minimum Gasteiger partial charge on any atom is -0.489 e. The predicted octanol–water partition coefficient (Wildman–Crippen LogP) is 1.70. The van der Waals surface area contributed by atoms with Gasteiger partial charge < -0.3 is 14.7 Å². The average Bonchev–Trinajstić information content (AvgIpc) is 2.35. The maximum Gasteiger partial charge on any atom is 0.257 e. The average molecular weight is 249 g/mol. The van der Waals surface area contributed by atoms with E-state index >= 15 is 0 Å². The SMILES string of the molecule is C=CCOc1ccccc1C(=O)N(C)CC(C)O. The Labute approximate surface area is 107 Å². The molecule has 1 amide bonds. The highest BCUT2D eigenvalue weighted by Crippen LogP contribution is 2.19. The Bertz CT molecular complexity index is 415. The summed E-state index contributed by atoms with van der Waals surface area (Å²) in [6.45, 7) is 5.85. The molecule has 0 fully saturated rings. The zero-order valence-corrected chi connectivity index (χ0v) is 10.8. The van der Waals surface area contributed by atoms with E-state index in [1.54, 1.807) is 38.2 Å². The molecule has 1 N–H and O–H groups in total. The van der Waals surface area contributed by atoms with Crippen molar-refractivity contribution in [2.24, 2.45) is 0 Å². The van der Waals surface area contributed by atoms with Gasteiger partial charge in [-0.3, -0.25) is 4.79 Å². The van der Waals surface area contributed by atoms with Crippen LogP contribution in [0.1, 0.15) is 17.3 Å². The second-order valence-corrected chi connectivity index (χ2v) is 4.13. The summed E-state index contributed by atoms with van der Waals surface area (Å²) in [6.07, 6.45) is 1.07. The van der Waals surface area contributed by atoms with Gasteiger partial charge in [-0.25, -0.2) is 0 Å². The normalized spacial score (nSPS) is 11.7. The Hall–Kier alpha value is -1.81. The van der Waals surface area contributed by atoms with Crippen LogP contribution in [0.25, 0.3) is 0 Å². The number of carbonyl (C=O) groups excluding carboxylic acids is 1. The van der Waals surface area contributed by atoms with Gasteiger partial charge in [0.15, 0.2) is 0 Å². The molecule has 1 unspecified atom stereocenters. The summed E-state index contributed by atoms with van der Waals surface area (Å²) in [5.74, 6) is 0.357. The Morgan fingerprint density at radius 1 is 1.56 bits per heavy atom. The summed E-state index contributed by atoms with van der Waals surface area (Å²) in [5, 5.41) is 9.29. The van der Waals surface area contributed by atoms with Gasteiger partial charge in [0.2, 0.25) is 0 Å². The van der Waals surface area contributed by atoms with E-state index in [1.807, 2.05) is 6.07 Å². The van der Waals surface area contributed by atoms with Crippen molar-refractivity contribution in [2.45, 2.75) is 13.0 Å². The van der Waals surface area contributed by atoms with Crippen LogP contribution in [0.5, 0.6) is 5.75 Å². The van der Waals surface area contributed by atoms with Gasteiger partial charge in [-0.1, -0.05) is 24.8 Å². The fraction of sp³-hybridized carbons (Fsp3) is 0.357. The molecule has 0 saturated heterocycles. The highest BCUT2D eigenvalue weighted by atomic mass is 16.5. The lowest BCUT2D eigenvalue weighted by atomic mass is 10.1. The van der Waals surface area contributed by atoms with Gasteiger partial charge in [-0.05, 0) is 19.1 Å². The number of ether oxygens (including phenoxy) is 1. The van der Waals surface area contributed by atoms with Crippen LogP contribution < -0.4 is 4.74 Å². The van der Waals surface area contributed by atoms with E-state index in [0.29, 0.717) is 17.9 Å². The first-order valence-corrected chi connectivity index (χ1v) is 5.82. The summed E-state index contributed by atoms with van der Waals surface area (Å²) >= 11 is 0. The molecule has 0 radical (unpaired) electrons. The Kier molecular flexibility index (Phi) is 5.39. The first-order chi connectivity index (χ1) is 8.56. The van der Waals surface area contributed by atoms with Gasteiger partial charge in [0.05, 0.1) is 11.7 Å². The lowest BCUT2D eigenvalue weighted by Gasteiger charge is -2.20. The molecule has 0 aliphatic rings. The van der Waals surface area contributed by atoms with Crippen LogP contribution in [0, 0.1) is 0 Å². The third-order valence-electron chi connectivity index (χ3n) is 2.36. The van der Waals surface area contributed by atoms with Crippen LogP contribution >= 0.6 is 0 Å². The van der Waals surface area contributed by atoms with E-state index in [9.17, 15) is 9.90 Å². The van der Waals surface area contributed by atoms with Gasteiger partial charge in [0.25, 0.3) is 5.91 Å². The number of nitrogens with zero attached hydrogens (tertiary/aromatic N) is 1. The number of hydrogen-bond acceptors (Lipinski definition) is 3. The number of likely N-dealkylation sites (N-methyl/N-ethyl adjacent to an activating group) is 1. The fourth-order valence-electron chi connectivity index (χ4n) is 1.60. The first kappa shape index (κ1) is 14.3. The Morgan fingerprint density at radius 3 is 2.83 bits per heavy atom. The predicted molar refractivity (Wildman–Crippen MR) is 70.8 cm³/mol. The van der Waals surface area contributed by atoms with Crippen molar-refractivity contribution < 1.29 is 14.6 Å². The van der Waals surface area contributed by atoms with Gasteiger partial charge in [-0.2, -0.15) is 0 Å². The monoisotopic (exact) mass is 249 g/mol. The molecule has 4 heteroatoms. The fourth-order valence-corrected chi connectivity index (χ4v) is 1.60. The van der Waals surface area contributed by atoms with Gasteiger partial charge >= 0.3 is 0 Å². The third-order valence-corrected chi connectivity index (χ3v) is 2.36. The molecule has 0 bridgehead atoms. The zero-order valence-electron chi connectivity index (χ0n) is 10.8. The van der Waals surface area contributed by atoms with Crippen LogP contribution in [0.15, 0.2) is 36.9 Å². The Balaban J connectivity index is 2.87. The Morgan fingerprint density at radius 2 is 2.22 bits per heavy atom. The van der Waals surface area contributed by atoms with Gasteiger partial charge in [0.1, 0.15) is 12.4 Å². The largest absolute Gasteiger partial charge is 0.489 e. The van der Waals surface area contributed by atoms with Crippen molar-refractivity contribution in [3.63, 3.8) is 0 Å². The molecule has 0 aliphatic carbocycles. The molecule has 18 heavy (non-hydrogen) atoms. The van der Waals surface area contributed by atoms with Crippen molar-refractivity contribution in [3.05, 3.63) is 42.5 Å². The number of benzene rings is 1. The summed E-state index contributed by atoms with van der Waals surface area (Å²) in [7, 11) is 1.65. The molecule has 1 aromatic rings. The standard InChI is InChI=1S/C14H19NO3/c1-4-9-18-13-8-6-5-7-12(13)14(17)15(3)10-11(2)16/h4-8,11,16H,1,9-10H2,2-3H3. The van der Waals surface area contributed by atoms with E-state index in [-0.39, 0.29) is 12.5 Å². The van der Waals surface area contributed by atoms with Crippen LogP contribution in [-0.2, 0) is 0 Å². The molecule has 0 heterocycles. The number of para-hydroxylation sites is 1. The molecule has 0 saturated carbocycles. The zero-order chi connectivity index (χ0) is 13.5. The van der Waals surface area contributed by atoms with Crippen LogP contribution in [-0.4, -0.2) is 42.2 Å². The van der Waals surface area contributed by atoms with E-state index in [2.05, 4.69) is 6.58 Å². The van der Waals surface area contributed by atoms with Crippen molar-refractivity contribution in [3.8, 4) is 5.75 Å². The minimum atomic E-state index is -0.555. The second kappa shape index (κ2) is 6.81. The van der Waals surface area contributed by atoms with Crippen molar-refractivity contribution in [1.29, 1.82) is 0 Å². The first-order valence-electron chi connectivity index (χ1n) is 5.82. The van der Waals surface area contributed by atoms with E-state index in [4.69, 9.17) is 4.74 Å². The number of aliphatic hydroxyl groups excluding tert-OH is 1. The molecule has 98 valence electrons. The molecule has 0 spiro atoms. The van der Waals surface area contributed by atoms with Crippen molar-refractivity contribution in [1.82, 2.24) is 4.90 Å². The number of carbonyl (C=O) groups is 1. The highest BCUT2D eigenvalue weighted by Gasteiger charge is 2.17. The molecular weight excluding hydrogens is 230 g/mol.